The minimum absolute atomic E-state index is 0.292. The second-order valence-corrected chi connectivity index (χ2v) is 6.75. The Hall–Kier alpha value is -3.23. The normalized spacial score (nSPS) is 11.6. The fourth-order valence-electron chi connectivity index (χ4n) is 2.26. The summed E-state index contributed by atoms with van der Waals surface area (Å²) in [6.07, 6.45) is 2.61. The van der Waals surface area contributed by atoms with E-state index in [-0.39, 0.29) is 0 Å². The second-order valence-electron chi connectivity index (χ2n) is 6.75. The minimum atomic E-state index is -0.959. The molecular formula is C23H32N2O6. The van der Waals surface area contributed by atoms with Crippen molar-refractivity contribution in [3.63, 3.8) is 0 Å². The SMILES string of the molecule is CCCC(=O)O.N[C@@H](CCc1ccccc1)C(=O)O.N[C@@H](Cc1ccccc1)C(=O)O. The summed E-state index contributed by atoms with van der Waals surface area (Å²) >= 11 is 0. The van der Waals surface area contributed by atoms with Gasteiger partial charge in [0.2, 0.25) is 0 Å². The lowest BCUT2D eigenvalue weighted by Crippen LogP contribution is -2.32. The first-order chi connectivity index (χ1) is 14.7. The molecule has 0 radical (unpaired) electrons. The lowest BCUT2D eigenvalue weighted by Gasteiger charge is -2.05. The van der Waals surface area contributed by atoms with Crippen molar-refractivity contribution in [2.24, 2.45) is 11.5 Å². The van der Waals surface area contributed by atoms with Crippen molar-refractivity contribution in [2.45, 2.75) is 51.1 Å². The molecule has 0 spiro atoms. The van der Waals surface area contributed by atoms with Gasteiger partial charge in [0, 0.05) is 6.42 Å². The van der Waals surface area contributed by atoms with Gasteiger partial charge in [-0.25, -0.2) is 0 Å². The summed E-state index contributed by atoms with van der Waals surface area (Å²) in [5.74, 6) is -2.60. The molecule has 2 aromatic rings. The molecular weight excluding hydrogens is 400 g/mol. The molecule has 8 nitrogen and oxygen atoms in total. The van der Waals surface area contributed by atoms with E-state index in [9.17, 15) is 14.4 Å². The molecule has 0 fully saturated rings. The van der Waals surface area contributed by atoms with E-state index in [0.717, 1.165) is 17.5 Å². The Morgan fingerprint density at radius 1 is 0.774 bits per heavy atom. The molecule has 170 valence electrons. The number of hydrogen-bond acceptors (Lipinski definition) is 5. The number of benzene rings is 2. The first-order valence-corrected chi connectivity index (χ1v) is 9.93. The Morgan fingerprint density at radius 3 is 1.58 bits per heavy atom. The highest BCUT2D eigenvalue weighted by Crippen LogP contribution is 2.04. The molecule has 2 rings (SSSR count). The average Bonchev–Trinajstić information content (AvgIpc) is 2.74. The maximum absolute atomic E-state index is 10.4. The van der Waals surface area contributed by atoms with E-state index < -0.39 is 30.0 Å². The Labute approximate surface area is 182 Å². The summed E-state index contributed by atoms with van der Waals surface area (Å²) < 4.78 is 0. The van der Waals surface area contributed by atoms with Gasteiger partial charge >= 0.3 is 17.9 Å². The van der Waals surface area contributed by atoms with Crippen molar-refractivity contribution in [3.05, 3.63) is 71.8 Å². The van der Waals surface area contributed by atoms with Crippen LogP contribution in [0.2, 0.25) is 0 Å². The highest BCUT2D eigenvalue weighted by Gasteiger charge is 2.11. The molecule has 0 aliphatic carbocycles. The average molecular weight is 433 g/mol. The maximum Gasteiger partial charge on any atom is 0.320 e. The smallest absolute Gasteiger partial charge is 0.320 e. The van der Waals surface area contributed by atoms with Crippen LogP contribution in [0, 0.1) is 0 Å². The van der Waals surface area contributed by atoms with Crippen molar-refractivity contribution in [3.8, 4) is 0 Å². The predicted octanol–water partition coefficient (Wildman–Crippen LogP) is 2.54. The van der Waals surface area contributed by atoms with Crippen LogP contribution in [0.15, 0.2) is 60.7 Å². The quantitative estimate of drug-likeness (QED) is 0.403. The van der Waals surface area contributed by atoms with E-state index in [1.54, 1.807) is 0 Å². The molecule has 0 heterocycles. The van der Waals surface area contributed by atoms with E-state index in [1.807, 2.05) is 67.6 Å². The summed E-state index contributed by atoms with van der Waals surface area (Å²) in [7, 11) is 0. The van der Waals surface area contributed by atoms with E-state index >= 15 is 0 Å². The maximum atomic E-state index is 10.4. The number of carboxylic acids is 3. The number of aliphatic carboxylic acids is 3. The fraction of sp³-hybridized carbons (Fsp3) is 0.348. The van der Waals surface area contributed by atoms with Gasteiger partial charge in [0.25, 0.3) is 0 Å². The molecule has 0 amide bonds. The number of carbonyl (C=O) groups is 3. The molecule has 7 N–H and O–H groups in total. The third-order valence-corrected chi connectivity index (χ3v) is 3.98. The summed E-state index contributed by atoms with van der Waals surface area (Å²) in [4.78, 5) is 30.4. The van der Waals surface area contributed by atoms with E-state index in [1.165, 1.54) is 0 Å². The zero-order chi connectivity index (χ0) is 23.6. The molecule has 0 saturated carbocycles. The fourth-order valence-corrected chi connectivity index (χ4v) is 2.26. The Kier molecular flexibility index (Phi) is 14.8. The van der Waals surface area contributed by atoms with Crippen LogP contribution in [0.1, 0.15) is 37.3 Å². The number of hydrogen-bond donors (Lipinski definition) is 5. The Balaban J connectivity index is 0.000000466. The number of nitrogens with two attached hydrogens (primary N) is 2. The molecule has 8 heteroatoms. The molecule has 0 aliphatic heterocycles. The lowest BCUT2D eigenvalue weighted by atomic mass is 10.1. The highest BCUT2D eigenvalue weighted by molar-refractivity contribution is 5.73. The van der Waals surface area contributed by atoms with Crippen LogP contribution < -0.4 is 11.5 Å². The number of carboxylic acid groups (broad SMARTS) is 3. The molecule has 0 aromatic heterocycles. The Bertz CT molecular complexity index is 768. The topological polar surface area (TPSA) is 164 Å². The molecule has 0 unspecified atom stereocenters. The minimum Gasteiger partial charge on any atom is -0.481 e. The highest BCUT2D eigenvalue weighted by atomic mass is 16.4. The van der Waals surface area contributed by atoms with Gasteiger partial charge in [-0.15, -0.1) is 0 Å². The van der Waals surface area contributed by atoms with Crippen LogP contribution in [0.4, 0.5) is 0 Å². The predicted molar refractivity (Wildman–Crippen MR) is 119 cm³/mol. The summed E-state index contributed by atoms with van der Waals surface area (Å²) in [6, 6.07) is 17.5. The van der Waals surface area contributed by atoms with Crippen molar-refractivity contribution >= 4 is 17.9 Å². The van der Waals surface area contributed by atoms with Gasteiger partial charge in [0.1, 0.15) is 12.1 Å². The molecule has 2 atom stereocenters. The van der Waals surface area contributed by atoms with Crippen LogP contribution >= 0.6 is 0 Å². The number of aryl methyl sites for hydroxylation is 1. The molecule has 2 aromatic carbocycles. The standard InChI is InChI=1S/C10H13NO2.C9H11NO2.C4H8O2/c11-9(10(12)13)7-6-8-4-2-1-3-5-8;10-8(9(11)12)6-7-4-2-1-3-5-7;1-2-3-4(5)6/h1-5,9H,6-7,11H2,(H,12,13);1-5,8H,6,10H2,(H,11,12);2-3H2,1H3,(H,5,6)/t9-;8-;/m00./s1. The van der Waals surface area contributed by atoms with Gasteiger partial charge in [-0.2, -0.15) is 0 Å². The van der Waals surface area contributed by atoms with Crippen molar-refractivity contribution < 1.29 is 29.7 Å². The molecule has 31 heavy (non-hydrogen) atoms. The van der Waals surface area contributed by atoms with Crippen molar-refractivity contribution in [1.29, 1.82) is 0 Å². The third-order valence-electron chi connectivity index (χ3n) is 3.98. The van der Waals surface area contributed by atoms with E-state index in [0.29, 0.717) is 25.7 Å². The van der Waals surface area contributed by atoms with Gasteiger partial charge in [-0.05, 0) is 36.8 Å². The zero-order valence-electron chi connectivity index (χ0n) is 17.7. The van der Waals surface area contributed by atoms with Gasteiger partial charge in [0.15, 0.2) is 0 Å². The molecule has 0 aliphatic rings. The Morgan fingerprint density at radius 2 is 1.23 bits per heavy atom. The second kappa shape index (κ2) is 16.6. The summed E-state index contributed by atoms with van der Waals surface area (Å²) in [6.45, 7) is 1.84. The first kappa shape index (κ1) is 27.8. The summed E-state index contributed by atoms with van der Waals surface area (Å²) in [5.41, 5.74) is 12.8. The summed E-state index contributed by atoms with van der Waals surface area (Å²) in [5, 5.41) is 25.0. The van der Waals surface area contributed by atoms with Gasteiger partial charge in [-0.3, -0.25) is 14.4 Å². The van der Waals surface area contributed by atoms with Crippen LogP contribution in [0.25, 0.3) is 0 Å². The number of rotatable bonds is 9. The van der Waals surface area contributed by atoms with Gasteiger partial charge < -0.3 is 26.8 Å². The van der Waals surface area contributed by atoms with Gasteiger partial charge in [-0.1, -0.05) is 67.6 Å². The van der Waals surface area contributed by atoms with Crippen LogP contribution in [-0.4, -0.2) is 45.3 Å². The third kappa shape index (κ3) is 15.3. The van der Waals surface area contributed by atoms with Gasteiger partial charge in [0.05, 0.1) is 0 Å². The van der Waals surface area contributed by atoms with Crippen molar-refractivity contribution in [1.82, 2.24) is 0 Å². The van der Waals surface area contributed by atoms with Crippen LogP contribution in [-0.2, 0) is 27.2 Å². The molecule has 0 bridgehead atoms. The lowest BCUT2D eigenvalue weighted by molar-refractivity contribution is -0.139. The van der Waals surface area contributed by atoms with E-state index in [2.05, 4.69) is 0 Å². The first-order valence-electron chi connectivity index (χ1n) is 9.93. The van der Waals surface area contributed by atoms with Crippen LogP contribution in [0.5, 0.6) is 0 Å². The van der Waals surface area contributed by atoms with E-state index in [4.69, 9.17) is 26.8 Å². The molecule has 0 saturated heterocycles. The largest absolute Gasteiger partial charge is 0.481 e. The van der Waals surface area contributed by atoms with Crippen molar-refractivity contribution in [2.75, 3.05) is 0 Å². The zero-order valence-corrected chi connectivity index (χ0v) is 17.7. The van der Waals surface area contributed by atoms with Crippen LogP contribution in [0.3, 0.4) is 0 Å². The monoisotopic (exact) mass is 432 g/mol.